The minimum absolute atomic E-state index is 0.00868. The third kappa shape index (κ3) is 3.13. The molecule has 0 fully saturated rings. The molecule has 2 aromatic carbocycles. The minimum Gasteiger partial charge on any atom is -0.504 e. The molecule has 0 radical (unpaired) electrons. The van der Waals surface area contributed by atoms with Gasteiger partial charge in [-0.2, -0.15) is 0 Å². The standard InChI is InChI=1S/C14H13F2NO2/c1-19-13-4-2-3-9(14(13)18)8-17-12-6-10(15)5-11(16)7-12/h2-7,17-18H,8H2,1H3. The molecule has 0 unspecified atom stereocenters. The molecular formula is C14H13F2NO2. The maximum atomic E-state index is 13.0. The van der Waals surface area contributed by atoms with Gasteiger partial charge in [-0.05, 0) is 18.2 Å². The van der Waals surface area contributed by atoms with Gasteiger partial charge in [0.05, 0.1) is 7.11 Å². The molecule has 0 aliphatic heterocycles. The van der Waals surface area contributed by atoms with E-state index in [2.05, 4.69) is 5.32 Å². The maximum Gasteiger partial charge on any atom is 0.162 e. The Labute approximate surface area is 109 Å². The molecule has 0 amide bonds. The van der Waals surface area contributed by atoms with Crippen molar-refractivity contribution in [1.82, 2.24) is 0 Å². The first-order valence-electron chi connectivity index (χ1n) is 5.65. The first kappa shape index (κ1) is 13.1. The highest BCUT2D eigenvalue weighted by Crippen LogP contribution is 2.29. The van der Waals surface area contributed by atoms with Crippen molar-refractivity contribution in [1.29, 1.82) is 0 Å². The SMILES string of the molecule is COc1cccc(CNc2cc(F)cc(F)c2)c1O. The molecule has 2 rings (SSSR count). The number of phenolic OH excluding ortho intramolecular Hbond substituents is 1. The number of rotatable bonds is 4. The summed E-state index contributed by atoms with van der Waals surface area (Å²) in [4.78, 5) is 0. The number of hydrogen-bond donors (Lipinski definition) is 2. The molecule has 19 heavy (non-hydrogen) atoms. The highest BCUT2D eigenvalue weighted by molar-refractivity contribution is 5.49. The van der Waals surface area contributed by atoms with Gasteiger partial charge in [0.1, 0.15) is 11.6 Å². The van der Waals surface area contributed by atoms with Crippen LogP contribution < -0.4 is 10.1 Å². The molecule has 0 spiro atoms. The number of halogens is 2. The van der Waals surface area contributed by atoms with Crippen LogP contribution in [0.4, 0.5) is 14.5 Å². The topological polar surface area (TPSA) is 41.5 Å². The van der Waals surface area contributed by atoms with Gasteiger partial charge < -0.3 is 15.2 Å². The van der Waals surface area contributed by atoms with Crippen molar-refractivity contribution in [3.05, 3.63) is 53.6 Å². The molecule has 0 aliphatic carbocycles. The van der Waals surface area contributed by atoms with E-state index in [-0.39, 0.29) is 12.3 Å². The lowest BCUT2D eigenvalue weighted by Crippen LogP contribution is -2.01. The number of methoxy groups -OCH3 is 1. The van der Waals surface area contributed by atoms with Gasteiger partial charge in [-0.3, -0.25) is 0 Å². The number of hydrogen-bond acceptors (Lipinski definition) is 3. The Kier molecular flexibility index (Phi) is 3.85. The Hall–Kier alpha value is -2.30. The summed E-state index contributed by atoms with van der Waals surface area (Å²) in [5, 5.41) is 12.7. The lowest BCUT2D eigenvalue weighted by molar-refractivity contribution is 0.371. The van der Waals surface area contributed by atoms with E-state index in [0.29, 0.717) is 17.0 Å². The fourth-order valence-corrected chi connectivity index (χ4v) is 1.73. The van der Waals surface area contributed by atoms with Gasteiger partial charge in [-0.1, -0.05) is 12.1 Å². The van der Waals surface area contributed by atoms with Gasteiger partial charge in [0.25, 0.3) is 0 Å². The highest BCUT2D eigenvalue weighted by atomic mass is 19.1. The van der Waals surface area contributed by atoms with E-state index >= 15 is 0 Å². The second-order valence-corrected chi connectivity index (χ2v) is 3.98. The van der Waals surface area contributed by atoms with Crippen molar-refractivity contribution in [3.63, 3.8) is 0 Å². The van der Waals surface area contributed by atoms with Crippen LogP contribution in [0.5, 0.6) is 11.5 Å². The van der Waals surface area contributed by atoms with Crippen LogP contribution in [0, 0.1) is 11.6 Å². The van der Waals surface area contributed by atoms with Gasteiger partial charge in [-0.25, -0.2) is 8.78 Å². The summed E-state index contributed by atoms with van der Waals surface area (Å²) in [7, 11) is 1.45. The Morgan fingerprint density at radius 1 is 1.16 bits per heavy atom. The molecule has 0 aromatic heterocycles. The predicted octanol–water partition coefficient (Wildman–Crippen LogP) is 3.29. The van der Waals surface area contributed by atoms with Crippen molar-refractivity contribution < 1.29 is 18.6 Å². The van der Waals surface area contributed by atoms with Gasteiger partial charge in [-0.15, -0.1) is 0 Å². The Balaban J connectivity index is 2.14. The van der Waals surface area contributed by atoms with Gasteiger partial charge in [0.2, 0.25) is 0 Å². The van der Waals surface area contributed by atoms with Crippen LogP contribution in [0.2, 0.25) is 0 Å². The number of phenols is 1. The molecule has 0 saturated carbocycles. The lowest BCUT2D eigenvalue weighted by atomic mass is 10.2. The second-order valence-electron chi connectivity index (χ2n) is 3.98. The number of anilines is 1. The van der Waals surface area contributed by atoms with E-state index in [1.807, 2.05) is 0 Å². The third-order valence-corrected chi connectivity index (χ3v) is 2.65. The van der Waals surface area contributed by atoms with Crippen molar-refractivity contribution in [3.8, 4) is 11.5 Å². The number of benzene rings is 2. The van der Waals surface area contributed by atoms with Crippen LogP contribution in [-0.4, -0.2) is 12.2 Å². The number of para-hydroxylation sites is 1. The molecule has 5 heteroatoms. The van der Waals surface area contributed by atoms with E-state index in [0.717, 1.165) is 6.07 Å². The summed E-state index contributed by atoms with van der Waals surface area (Å²) in [6.07, 6.45) is 0. The van der Waals surface area contributed by atoms with E-state index in [4.69, 9.17) is 4.74 Å². The van der Waals surface area contributed by atoms with Crippen LogP contribution in [0.25, 0.3) is 0 Å². The average molecular weight is 265 g/mol. The summed E-state index contributed by atoms with van der Waals surface area (Å²) < 4.78 is 31.0. The molecular weight excluding hydrogens is 252 g/mol. The second kappa shape index (κ2) is 5.56. The lowest BCUT2D eigenvalue weighted by Gasteiger charge is -2.10. The number of nitrogens with one attached hydrogen (secondary N) is 1. The summed E-state index contributed by atoms with van der Waals surface area (Å²) in [5.74, 6) is -0.950. The first-order chi connectivity index (χ1) is 9.10. The number of aromatic hydroxyl groups is 1. The zero-order valence-corrected chi connectivity index (χ0v) is 10.3. The van der Waals surface area contributed by atoms with E-state index in [1.165, 1.54) is 19.2 Å². The summed E-state index contributed by atoms with van der Waals surface area (Å²) in [6.45, 7) is 0.228. The van der Waals surface area contributed by atoms with Gasteiger partial charge in [0, 0.05) is 23.9 Å². The molecule has 2 aromatic rings. The van der Waals surface area contributed by atoms with Gasteiger partial charge in [0.15, 0.2) is 11.5 Å². The molecule has 100 valence electrons. The van der Waals surface area contributed by atoms with Gasteiger partial charge >= 0.3 is 0 Å². The van der Waals surface area contributed by atoms with Crippen molar-refractivity contribution >= 4 is 5.69 Å². The zero-order chi connectivity index (χ0) is 13.8. The van der Waals surface area contributed by atoms with Crippen LogP contribution >= 0.6 is 0 Å². The molecule has 0 heterocycles. The highest BCUT2D eigenvalue weighted by Gasteiger charge is 2.07. The average Bonchev–Trinajstić information content (AvgIpc) is 2.36. The van der Waals surface area contributed by atoms with Crippen LogP contribution in [-0.2, 0) is 6.54 Å². The van der Waals surface area contributed by atoms with Crippen molar-refractivity contribution in [2.75, 3.05) is 12.4 Å². The van der Waals surface area contributed by atoms with Crippen LogP contribution in [0.1, 0.15) is 5.56 Å². The predicted molar refractivity (Wildman–Crippen MR) is 68.3 cm³/mol. The summed E-state index contributed by atoms with van der Waals surface area (Å²) in [5.41, 5.74) is 0.878. The molecule has 0 saturated heterocycles. The Morgan fingerprint density at radius 3 is 2.47 bits per heavy atom. The Morgan fingerprint density at radius 2 is 1.84 bits per heavy atom. The van der Waals surface area contributed by atoms with Crippen LogP contribution in [0.15, 0.2) is 36.4 Å². The summed E-state index contributed by atoms with van der Waals surface area (Å²) >= 11 is 0. The van der Waals surface area contributed by atoms with Crippen molar-refractivity contribution in [2.45, 2.75) is 6.54 Å². The molecule has 2 N–H and O–H groups in total. The minimum atomic E-state index is -0.655. The van der Waals surface area contributed by atoms with Crippen LogP contribution in [0.3, 0.4) is 0 Å². The van der Waals surface area contributed by atoms with E-state index < -0.39 is 11.6 Å². The fourth-order valence-electron chi connectivity index (χ4n) is 1.73. The monoisotopic (exact) mass is 265 g/mol. The number of ether oxygens (including phenoxy) is 1. The maximum absolute atomic E-state index is 13.0. The molecule has 0 atom stereocenters. The van der Waals surface area contributed by atoms with E-state index in [9.17, 15) is 13.9 Å². The molecule has 0 aliphatic rings. The zero-order valence-electron chi connectivity index (χ0n) is 10.3. The summed E-state index contributed by atoms with van der Waals surface area (Å²) in [6, 6.07) is 8.21. The van der Waals surface area contributed by atoms with Crippen molar-refractivity contribution in [2.24, 2.45) is 0 Å². The third-order valence-electron chi connectivity index (χ3n) is 2.65. The smallest absolute Gasteiger partial charge is 0.162 e. The first-order valence-corrected chi connectivity index (χ1v) is 5.65. The normalized spacial score (nSPS) is 10.3. The largest absolute Gasteiger partial charge is 0.504 e. The van der Waals surface area contributed by atoms with E-state index in [1.54, 1.807) is 18.2 Å². The molecule has 0 bridgehead atoms. The Bertz CT molecular complexity index is 567. The fraction of sp³-hybridized carbons (Fsp3) is 0.143. The quantitative estimate of drug-likeness (QED) is 0.891. The molecule has 3 nitrogen and oxygen atoms in total.